The Balaban J connectivity index is 2.42. The topological polar surface area (TPSA) is 33.4 Å². The molecule has 104 valence electrons. The highest BCUT2D eigenvalue weighted by Gasteiger charge is 2.21. The molecule has 1 aromatic carbocycles. The molecule has 0 saturated carbocycles. The van der Waals surface area contributed by atoms with Crippen molar-refractivity contribution in [3.63, 3.8) is 0 Å². The van der Waals surface area contributed by atoms with Gasteiger partial charge < -0.3 is 9.52 Å². The zero-order chi connectivity index (χ0) is 15.4. The van der Waals surface area contributed by atoms with Gasteiger partial charge in [0.05, 0.1) is 12.5 Å². The summed E-state index contributed by atoms with van der Waals surface area (Å²) in [5, 5.41) is 10.0. The van der Waals surface area contributed by atoms with Crippen LogP contribution in [0.1, 0.15) is 42.9 Å². The van der Waals surface area contributed by atoms with E-state index in [9.17, 15) is 5.11 Å². The van der Waals surface area contributed by atoms with Gasteiger partial charge in [-0.25, -0.2) is 0 Å². The average molecular weight is 276 g/mol. The maximum absolute atomic E-state index is 10.0. The van der Waals surface area contributed by atoms with Crippen LogP contribution in [0.5, 0.6) is 0 Å². The molecule has 21 heavy (non-hydrogen) atoms. The van der Waals surface area contributed by atoms with Gasteiger partial charge >= 0.3 is 0 Å². The SMILES string of the molecule is [B]B([B])[C@H](O)c1cc(-c2cccc(C)c2)c(CCCC)o1. The first-order valence-electron chi connectivity index (χ1n) is 7.41. The van der Waals surface area contributed by atoms with E-state index in [1.165, 1.54) is 5.56 Å². The fourth-order valence-electron chi connectivity index (χ4n) is 2.36. The van der Waals surface area contributed by atoms with E-state index in [0.29, 0.717) is 5.76 Å². The standard InChI is InChI=1S/C16H19B3O2/c1-3-4-8-14-13(12-7-5-6-11(2)9-12)10-15(21-14)16(20)19(17)18/h5-7,9-10,16,20H,3-4,8H2,1-2H3/t16-/m1/s1. The maximum Gasteiger partial charge on any atom is 0.123 e. The maximum atomic E-state index is 10.0. The highest BCUT2D eigenvalue weighted by molar-refractivity contribution is 7.29. The molecule has 1 atom stereocenters. The highest BCUT2D eigenvalue weighted by Crippen LogP contribution is 2.32. The van der Waals surface area contributed by atoms with Crippen LogP contribution in [0.4, 0.5) is 0 Å². The van der Waals surface area contributed by atoms with E-state index in [1.54, 1.807) is 0 Å². The third-order valence-electron chi connectivity index (χ3n) is 3.57. The molecule has 0 aliphatic rings. The van der Waals surface area contributed by atoms with Crippen LogP contribution < -0.4 is 0 Å². The fourth-order valence-corrected chi connectivity index (χ4v) is 2.36. The van der Waals surface area contributed by atoms with E-state index in [4.69, 9.17) is 19.9 Å². The molecule has 5 heteroatoms. The second kappa shape index (κ2) is 7.08. The van der Waals surface area contributed by atoms with Gasteiger partial charge in [-0.05, 0) is 25.0 Å². The number of hydrogen-bond acceptors (Lipinski definition) is 2. The Bertz CT molecular complexity index is 593. The molecule has 0 spiro atoms. The van der Waals surface area contributed by atoms with Crippen molar-refractivity contribution in [1.82, 2.24) is 0 Å². The van der Waals surface area contributed by atoms with E-state index in [0.717, 1.165) is 36.1 Å². The van der Waals surface area contributed by atoms with Crippen LogP contribution >= 0.6 is 0 Å². The quantitative estimate of drug-likeness (QED) is 0.822. The molecular formula is C16H19B3O2. The van der Waals surface area contributed by atoms with Gasteiger partial charge in [-0.3, -0.25) is 0 Å². The van der Waals surface area contributed by atoms with E-state index >= 15 is 0 Å². The smallest absolute Gasteiger partial charge is 0.123 e. The van der Waals surface area contributed by atoms with Gasteiger partial charge in [0.2, 0.25) is 0 Å². The number of furan rings is 1. The van der Waals surface area contributed by atoms with Crippen LogP contribution in [-0.4, -0.2) is 27.1 Å². The molecule has 0 unspecified atom stereocenters. The molecule has 2 rings (SSSR count). The summed E-state index contributed by atoms with van der Waals surface area (Å²) >= 11 is 0. The zero-order valence-electron chi connectivity index (χ0n) is 12.7. The number of benzene rings is 1. The van der Waals surface area contributed by atoms with Gasteiger partial charge in [-0.2, -0.15) is 0 Å². The monoisotopic (exact) mass is 276 g/mol. The van der Waals surface area contributed by atoms with Gasteiger partial charge in [-0.15, -0.1) is 0 Å². The number of aliphatic hydroxyl groups excluding tert-OH is 1. The first-order valence-corrected chi connectivity index (χ1v) is 7.41. The van der Waals surface area contributed by atoms with E-state index in [2.05, 4.69) is 26.0 Å². The Morgan fingerprint density at radius 1 is 1.29 bits per heavy atom. The number of hydrogen-bond donors (Lipinski definition) is 1. The zero-order valence-corrected chi connectivity index (χ0v) is 12.7. The molecule has 2 nitrogen and oxygen atoms in total. The molecule has 1 aromatic heterocycles. The van der Waals surface area contributed by atoms with E-state index in [1.807, 2.05) is 18.2 Å². The first-order chi connectivity index (χ1) is 10.0. The number of aliphatic hydroxyl groups is 1. The largest absolute Gasteiger partial charge is 0.464 e. The second-order valence-electron chi connectivity index (χ2n) is 5.48. The normalized spacial score (nSPS) is 12.3. The molecule has 4 radical (unpaired) electrons. The molecule has 0 aliphatic carbocycles. The number of unbranched alkanes of at least 4 members (excludes halogenated alkanes) is 1. The molecule has 1 heterocycles. The summed E-state index contributed by atoms with van der Waals surface area (Å²) in [7, 11) is 11.1. The van der Waals surface area contributed by atoms with Crippen LogP contribution in [-0.2, 0) is 6.42 Å². The Hall–Kier alpha value is -1.35. The lowest BCUT2D eigenvalue weighted by Gasteiger charge is -2.09. The van der Waals surface area contributed by atoms with Crippen molar-refractivity contribution in [2.75, 3.05) is 0 Å². The summed E-state index contributed by atoms with van der Waals surface area (Å²) in [6.45, 7) is 3.35. The van der Waals surface area contributed by atoms with Crippen LogP contribution in [0.2, 0.25) is 0 Å². The number of rotatable bonds is 6. The van der Waals surface area contributed by atoms with Crippen molar-refractivity contribution in [3.05, 3.63) is 47.4 Å². The highest BCUT2D eigenvalue weighted by atomic mass is 16.4. The lowest BCUT2D eigenvalue weighted by Crippen LogP contribution is -2.24. The first kappa shape index (κ1) is 16.0. The van der Waals surface area contributed by atoms with Crippen LogP contribution in [0, 0.1) is 6.92 Å². The molecular weight excluding hydrogens is 257 g/mol. The summed E-state index contributed by atoms with van der Waals surface area (Å²) in [5.41, 5.74) is 3.29. The molecule has 0 saturated heterocycles. The van der Waals surface area contributed by atoms with Crippen molar-refractivity contribution < 1.29 is 9.52 Å². The van der Waals surface area contributed by atoms with Crippen molar-refractivity contribution in [3.8, 4) is 11.1 Å². The Morgan fingerprint density at radius 3 is 2.67 bits per heavy atom. The summed E-state index contributed by atoms with van der Waals surface area (Å²) in [6, 6.07) is 9.11. The summed E-state index contributed by atoms with van der Waals surface area (Å²) < 4.78 is 5.82. The van der Waals surface area contributed by atoms with Crippen LogP contribution in [0.3, 0.4) is 0 Å². The predicted molar refractivity (Wildman–Crippen MR) is 89.7 cm³/mol. The predicted octanol–water partition coefficient (Wildman–Crippen LogP) is 3.00. The third-order valence-corrected chi connectivity index (χ3v) is 3.57. The Labute approximate surface area is 129 Å². The van der Waals surface area contributed by atoms with Gasteiger partial charge in [0.25, 0.3) is 0 Å². The van der Waals surface area contributed by atoms with Gasteiger partial charge in [-0.1, -0.05) is 43.2 Å². The van der Waals surface area contributed by atoms with Crippen LogP contribution in [0.25, 0.3) is 11.1 Å². The van der Waals surface area contributed by atoms with E-state index < -0.39 is 12.5 Å². The second-order valence-corrected chi connectivity index (χ2v) is 5.48. The van der Waals surface area contributed by atoms with Crippen molar-refractivity contribution in [1.29, 1.82) is 0 Å². The molecule has 0 amide bonds. The molecule has 0 fully saturated rings. The summed E-state index contributed by atoms with van der Waals surface area (Å²) in [5.74, 6) is 1.32. The molecule has 0 aliphatic heterocycles. The van der Waals surface area contributed by atoms with Gasteiger partial charge in [0, 0.05) is 27.5 Å². The van der Waals surface area contributed by atoms with Gasteiger partial charge in [0.1, 0.15) is 11.5 Å². The van der Waals surface area contributed by atoms with Crippen molar-refractivity contribution in [2.45, 2.75) is 39.1 Å². The lowest BCUT2D eigenvalue weighted by atomic mass is 9.16. The van der Waals surface area contributed by atoms with Crippen molar-refractivity contribution >= 4 is 22.0 Å². The minimum absolute atomic E-state index is 0.438. The summed E-state index contributed by atoms with van der Waals surface area (Å²) in [4.78, 5) is 0. The Morgan fingerprint density at radius 2 is 2.05 bits per heavy atom. The van der Waals surface area contributed by atoms with Gasteiger partial charge in [0.15, 0.2) is 0 Å². The average Bonchev–Trinajstić information content (AvgIpc) is 2.88. The molecule has 1 N–H and O–H groups in total. The van der Waals surface area contributed by atoms with E-state index in [-0.39, 0.29) is 0 Å². The number of aryl methyl sites for hydroxylation is 2. The third kappa shape index (κ3) is 3.85. The molecule has 2 aromatic rings. The lowest BCUT2D eigenvalue weighted by molar-refractivity contribution is 0.222. The van der Waals surface area contributed by atoms with Crippen molar-refractivity contribution in [2.24, 2.45) is 0 Å². The summed E-state index contributed by atoms with van der Waals surface area (Å²) in [6.07, 6.45) is 2.96. The molecule has 0 bridgehead atoms. The fraction of sp³-hybridized carbons (Fsp3) is 0.375. The minimum Gasteiger partial charge on any atom is -0.464 e. The minimum atomic E-state index is -0.982. The van der Waals surface area contributed by atoms with Crippen LogP contribution in [0.15, 0.2) is 34.7 Å². The Kier molecular flexibility index (Phi) is 5.41.